The van der Waals surface area contributed by atoms with E-state index in [9.17, 15) is 5.11 Å². The molecule has 4 heteroatoms. The standard InChI is InChI=1S/C15H17NO3/c1-18-13-5-3-4-12(9-13)16-10-11-8-14(19-2)6-7-15(11)17/h3-9,16-17H,10H2,1-2H3. The highest BCUT2D eigenvalue weighted by atomic mass is 16.5. The smallest absolute Gasteiger partial charge is 0.120 e. The molecule has 0 fully saturated rings. The molecule has 0 saturated carbocycles. The van der Waals surface area contributed by atoms with Crippen molar-refractivity contribution >= 4 is 5.69 Å². The monoisotopic (exact) mass is 259 g/mol. The van der Waals surface area contributed by atoms with Gasteiger partial charge in [-0.1, -0.05) is 6.07 Å². The Hall–Kier alpha value is -2.36. The van der Waals surface area contributed by atoms with Crippen molar-refractivity contribution in [1.29, 1.82) is 0 Å². The van der Waals surface area contributed by atoms with Crippen LogP contribution in [0, 0.1) is 0 Å². The number of hydrogen-bond donors (Lipinski definition) is 2. The predicted molar refractivity (Wildman–Crippen MR) is 75.0 cm³/mol. The Bertz CT molecular complexity index is 555. The normalized spacial score (nSPS) is 10.0. The quantitative estimate of drug-likeness (QED) is 0.866. The summed E-state index contributed by atoms with van der Waals surface area (Å²) >= 11 is 0. The minimum absolute atomic E-state index is 0.246. The summed E-state index contributed by atoms with van der Waals surface area (Å²) in [6.07, 6.45) is 0. The van der Waals surface area contributed by atoms with Gasteiger partial charge in [0, 0.05) is 23.9 Å². The molecule has 4 nitrogen and oxygen atoms in total. The molecule has 0 radical (unpaired) electrons. The van der Waals surface area contributed by atoms with E-state index in [1.807, 2.05) is 30.3 Å². The highest BCUT2D eigenvalue weighted by molar-refractivity contribution is 5.50. The third kappa shape index (κ3) is 3.31. The first kappa shape index (κ1) is 13.1. The van der Waals surface area contributed by atoms with Crippen LogP contribution in [0.3, 0.4) is 0 Å². The second-order valence-electron chi connectivity index (χ2n) is 4.08. The predicted octanol–water partition coefficient (Wildman–Crippen LogP) is 3.02. The Morgan fingerprint density at radius 3 is 2.47 bits per heavy atom. The SMILES string of the molecule is COc1cccc(NCc2cc(OC)ccc2O)c1. The molecule has 0 amide bonds. The van der Waals surface area contributed by atoms with Gasteiger partial charge >= 0.3 is 0 Å². The molecule has 0 spiro atoms. The number of aromatic hydroxyl groups is 1. The van der Waals surface area contributed by atoms with Crippen LogP contribution in [-0.2, 0) is 6.54 Å². The van der Waals surface area contributed by atoms with Crippen molar-refractivity contribution < 1.29 is 14.6 Å². The van der Waals surface area contributed by atoms with Gasteiger partial charge in [-0.05, 0) is 30.3 Å². The third-order valence-corrected chi connectivity index (χ3v) is 2.84. The Balaban J connectivity index is 2.09. The topological polar surface area (TPSA) is 50.7 Å². The van der Waals surface area contributed by atoms with Crippen LogP contribution in [0.5, 0.6) is 17.2 Å². The average Bonchev–Trinajstić information content (AvgIpc) is 2.46. The van der Waals surface area contributed by atoms with E-state index in [1.165, 1.54) is 0 Å². The summed E-state index contributed by atoms with van der Waals surface area (Å²) in [6, 6.07) is 12.8. The van der Waals surface area contributed by atoms with Crippen molar-refractivity contribution in [3.63, 3.8) is 0 Å². The second-order valence-corrected chi connectivity index (χ2v) is 4.08. The molecule has 0 unspecified atom stereocenters. The molecule has 2 rings (SSSR count). The summed E-state index contributed by atoms with van der Waals surface area (Å²) in [7, 11) is 3.23. The zero-order valence-electron chi connectivity index (χ0n) is 11.0. The molecule has 0 aromatic heterocycles. The summed E-state index contributed by atoms with van der Waals surface area (Å²) in [4.78, 5) is 0. The summed E-state index contributed by atoms with van der Waals surface area (Å²) in [5, 5.41) is 13.0. The second kappa shape index (κ2) is 6.00. The number of nitrogens with one attached hydrogen (secondary N) is 1. The Morgan fingerprint density at radius 2 is 1.74 bits per heavy atom. The fraction of sp³-hybridized carbons (Fsp3) is 0.200. The molecular weight excluding hydrogens is 242 g/mol. The van der Waals surface area contributed by atoms with Gasteiger partial charge in [-0.2, -0.15) is 0 Å². The van der Waals surface area contributed by atoms with Crippen LogP contribution in [-0.4, -0.2) is 19.3 Å². The van der Waals surface area contributed by atoms with Crippen LogP contribution in [0.25, 0.3) is 0 Å². The van der Waals surface area contributed by atoms with Crippen LogP contribution in [0.2, 0.25) is 0 Å². The first-order chi connectivity index (χ1) is 9.22. The van der Waals surface area contributed by atoms with Gasteiger partial charge in [-0.25, -0.2) is 0 Å². The summed E-state index contributed by atoms with van der Waals surface area (Å²) in [5.41, 5.74) is 1.71. The molecule has 100 valence electrons. The molecule has 0 aliphatic rings. The Morgan fingerprint density at radius 1 is 1.00 bits per heavy atom. The van der Waals surface area contributed by atoms with E-state index >= 15 is 0 Å². The number of benzene rings is 2. The lowest BCUT2D eigenvalue weighted by molar-refractivity contribution is 0.411. The summed E-state index contributed by atoms with van der Waals surface area (Å²) in [5.74, 6) is 1.76. The number of phenolic OH excluding ortho intramolecular Hbond substituents is 1. The van der Waals surface area contributed by atoms with E-state index in [1.54, 1.807) is 26.4 Å². The number of rotatable bonds is 5. The maximum atomic E-state index is 9.79. The number of anilines is 1. The van der Waals surface area contributed by atoms with Gasteiger partial charge in [0.25, 0.3) is 0 Å². The molecular formula is C15H17NO3. The molecule has 0 aliphatic heterocycles. The number of hydrogen-bond acceptors (Lipinski definition) is 4. The van der Waals surface area contributed by atoms with Crippen LogP contribution >= 0.6 is 0 Å². The lowest BCUT2D eigenvalue weighted by Gasteiger charge is -2.10. The van der Waals surface area contributed by atoms with Crippen molar-refractivity contribution in [2.24, 2.45) is 0 Å². The maximum absolute atomic E-state index is 9.79. The fourth-order valence-corrected chi connectivity index (χ4v) is 1.76. The van der Waals surface area contributed by atoms with Crippen LogP contribution in [0.15, 0.2) is 42.5 Å². The highest BCUT2D eigenvalue weighted by Gasteiger charge is 2.03. The van der Waals surface area contributed by atoms with E-state index in [-0.39, 0.29) is 5.75 Å². The van der Waals surface area contributed by atoms with Gasteiger partial charge in [-0.3, -0.25) is 0 Å². The van der Waals surface area contributed by atoms with Crippen LogP contribution < -0.4 is 14.8 Å². The molecule has 2 N–H and O–H groups in total. The van der Waals surface area contributed by atoms with E-state index in [0.717, 1.165) is 22.7 Å². The van der Waals surface area contributed by atoms with Gasteiger partial charge in [-0.15, -0.1) is 0 Å². The maximum Gasteiger partial charge on any atom is 0.120 e. The molecule has 0 saturated heterocycles. The first-order valence-electron chi connectivity index (χ1n) is 5.96. The minimum atomic E-state index is 0.246. The average molecular weight is 259 g/mol. The molecule has 0 aliphatic carbocycles. The van der Waals surface area contributed by atoms with Crippen LogP contribution in [0.1, 0.15) is 5.56 Å². The van der Waals surface area contributed by atoms with E-state index in [0.29, 0.717) is 6.54 Å². The molecule has 2 aromatic carbocycles. The van der Waals surface area contributed by atoms with Crippen molar-refractivity contribution in [3.05, 3.63) is 48.0 Å². The van der Waals surface area contributed by atoms with E-state index in [4.69, 9.17) is 9.47 Å². The minimum Gasteiger partial charge on any atom is -0.508 e. The first-order valence-corrected chi connectivity index (χ1v) is 5.96. The van der Waals surface area contributed by atoms with Gasteiger partial charge in [0.2, 0.25) is 0 Å². The van der Waals surface area contributed by atoms with Gasteiger partial charge < -0.3 is 19.9 Å². The zero-order chi connectivity index (χ0) is 13.7. The molecule has 0 heterocycles. The van der Waals surface area contributed by atoms with Crippen molar-refractivity contribution in [2.45, 2.75) is 6.54 Å². The number of methoxy groups -OCH3 is 2. The van der Waals surface area contributed by atoms with Crippen LogP contribution in [0.4, 0.5) is 5.69 Å². The lowest BCUT2D eigenvalue weighted by Crippen LogP contribution is -2.00. The van der Waals surface area contributed by atoms with E-state index < -0.39 is 0 Å². The van der Waals surface area contributed by atoms with Crippen molar-refractivity contribution in [3.8, 4) is 17.2 Å². The van der Waals surface area contributed by atoms with Gasteiger partial charge in [0.05, 0.1) is 14.2 Å². The summed E-state index contributed by atoms with van der Waals surface area (Å²) < 4.78 is 10.3. The lowest BCUT2D eigenvalue weighted by atomic mass is 10.2. The third-order valence-electron chi connectivity index (χ3n) is 2.84. The van der Waals surface area contributed by atoms with Crippen molar-refractivity contribution in [1.82, 2.24) is 0 Å². The van der Waals surface area contributed by atoms with Gasteiger partial charge in [0.1, 0.15) is 17.2 Å². The summed E-state index contributed by atoms with van der Waals surface area (Å²) in [6.45, 7) is 0.510. The largest absolute Gasteiger partial charge is 0.508 e. The molecule has 19 heavy (non-hydrogen) atoms. The highest BCUT2D eigenvalue weighted by Crippen LogP contribution is 2.24. The fourth-order valence-electron chi connectivity index (χ4n) is 1.76. The number of phenols is 1. The number of ether oxygens (including phenoxy) is 2. The van der Waals surface area contributed by atoms with Gasteiger partial charge in [0.15, 0.2) is 0 Å². The van der Waals surface area contributed by atoms with E-state index in [2.05, 4.69) is 5.32 Å². The molecule has 2 aromatic rings. The molecule has 0 atom stereocenters. The Kier molecular flexibility index (Phi) is 4.13. The Labute approximate surface area is 112 Å². The molecule has 0 bridgehead atoms. The zero-order valence-corrected chi connectivity index (χ0v) is 11.0. The van der Waals surface area contributed by atoms with Crippen molar-refractivity contribution in [2.75, 3.05) is 19.5 Å².